The van der Waals surface area contributed by atoms with Crippen molar-refractivity contribution in [2.75, 3.05) is 25.7 Å². The van der Waals surface area contributed by atoms with E-state index in [-0.39, 0.29) is 4.90 Å². The van der Waals surface area contributed by atoms with E-state index >= 15 is 0 Å². The highest BCUT2D eigenvalue weighted by molar-refractivity contribution is 7.99. The monoisotopic (exact) mass is 294 g/mol. The van der Waals surface area contributed by atoms with Crippen LogP contribution >= 0.6 is 23.4 Å². The van der Waals surface area contributed by atoms with Crippen molar-refractivity contribution in [3.63, 3.8) is 0 Å². The van der Waals surface area contributed by atoms with Gasteiger partial charge in [-0.2, -0.15) is 0 Å². The fourth-order valence-corrected chi connectivity index (χ4v) is 2.98. The maximum Gasteiger partial charge on any atom is 0.244 e. The van der Waals surface area contributed by atoms with E-state index in [9.17, 15) is 8.42 Å². The molecule has 0 bridgehead atoms. The summed E-state index contributed by atoms with van der Waals surface area (Å²) in [4.78, 5) is 4.33. The van der Waals surface area contributed by atoms with Crippen LogP contribution in [-0.2, 0) is 10.0 Å². The van der Waals surface area contributed by atoms with Crippen LogP contribution in [0.4, 0.5) is 0 Å². The largest absolute Gasteiger partial charge is 0.249 e. The second-order valence-corrected chi connectivity index (χ2v) is 7.16. The van der Waals surface area contributed by atoms with Crippen molar-refractivity contribution in [2.24, 2.45) is 0 Å². The van der Waals surface area contributed by atoms with Gasteiger partial charge in [0.15, 0.2) is 0 Å². The van der Waals surface area contributed by atoms with Gasteiger partial charge in [-0.05, 0) is 18.6 Å². The molecule has 0 aliphatic carbocycles. The number of alkyl halides is 1. The van der Waals surface area contributed by atoms with Crippen molar-refractivity contribution >= 4 is 33.4 Å². The zero-order valence-electron chi connectivity index (χ0n) is 9.76. The van der Waals surface area contributed by atoms with E-state index in [0.717, 1.165) is 17.2 Å². The van der Waals surface area contributed by atoms with Crippen LogP contribution in [0, 0.1) is 0 Å². The first-order valence-corrected chi connectivity index (χ1v) is 8.02. The molecule has 0 amide bonds. The van der Waals surface area contributed by atoms with Gasteiger partial charge >= 0.3 is 0 Å². The molecule has 1 rings (SSSR count). The third-order valence-electron chi connectivity index (χ3n) is 2.02. The number of hydrogen-bond acceptors (Lipinski definition) is 4. The number of aromatic nitrogens is 1. The normalized spacial score (nSPS) is 12.0. The number of pyridine rings is 1. The van der Waals surface area contributed by atoms with Crippen LogP contribution in [0.25, 0.3) is 0 Å². The Hall–Kier alpha value is -0.300. The van der Waals surface area contributed by atoms with Gasteiger partial charge in [-0.1, -0.05) is 0 Å². The van der Waals surface area contributed by atoms with Crippen LogP contribution in [0.5, 0.6) is 0 Å². The standard InChI is InChI=1S/C10H15ClN2O2S2/c1-13(2)17(14,15)9-4-5-10(12-8-9)16-7-3-6-11/h4-5,8H,3,6-7H2,1-2H3. The first-order chi connectivity index (χ1) is 7.98. The van der Waals surface area contributed by atoms with E-state index in [1.54, 1.807) is 23.9 Å². The SMILES string of the molecule is CN(C)S(=O)(=O)c1ccc(SCCCCl)nc1. The topological polar surface area (TPSA) is 50.3 Å². The molecule has 0 aromatic carbocycles. The van der Waals surface area contributed by atoms with E-state index < -0.39 is 10.0 Å². The summed E-state index contributed by atoms with van der Waals surface area (Å²) < 4.78 is 24.7. The summed E-state index contributed by atoms with van der Waals surface area (Å²) in [5.74, 6) is 1.51. The Labute approximate surface area is 111 Å². The average Bonchev–Trinajstić information content (AvgIpc) is 2.30. The summed E-state index contributed by atoms with van der Waals surface area (Å²) >= 11 is 7.14. The predicted octanol–water partition coefficient (Wildman–Crippen LogP) is 2.05. The van der Waals surface area contributed by atoms with Crippen LogP contribution in [0.1, 0.15) is 6.42 Å². The minimum absolute atomic E-state index is 0.212. The molecule has 4 nitrogen and oxygen atoms in total. The Morgan fingerprint density at radius 1 is 1.41 bits per heavy atom. The number of thioether (sulfide) groups is 1. The second kappa shape index (κ2) is 6.58. The lowest BCUT2D eigenvalue weighted by Crippen LogP contribution is -2.22. The molecular formula is C10H15ClN2O2S2. The van der Waals surface area contributed by atoms with Gasteiger partial charge in [0.25, 0.3) is 0 Å². The Morgan fingerprint density at radius 2 is 2.12 bits per heavy atom. The van der Waals surface area contributed by atoms with Crippen molar-refractivity contribution in [2.45, 2.75) is 16.3 Å². The molecule has 7 heteroatoms. The van der Waals surface area contributed by atoms with E-state index in [2.05, 4.69) is 4.98 Å². The molecule has 0 unspecified atom stereocenters. The van der Waals surface area contributed by atoms with Crippen molar-refractivity contribution in [3.8, 4) is 0 Å². The minimum atomic E-state index is -3.38. The lowest BCUT2D eigenvalue weighted by molar-refractivity contribution is 0.520. The number of hydrogen-bond donors (Lipinski definition) is 0. The maximum atomic E-state index is 11.8. The van der Waals surface area contributed by atoms with Gasteiger partial charge in [0.05, 0.1) is 5.03 Å². The van der Waals surface area contributed by atoms with Gasteiger partial charge in [0, 0.05) is 31.9 Å². The molecule has 0 spiro atoms. The smallest absolute Gasteiger partial charge is 0.244 e. The minimum Gasteiger partial charge on any atom is -0.249 e. The Bertz CT molecular complexity index is 446. The molecule has 0 atom stereocenters. The Balaban J connectivity index is 2.75. The fourth-order valence-electron chi connectivity index (χ4n) is 1.05. The molecule has 1 heterocycles. The third kappa shape index (κ3) is 4.13. The fraction of sp³-hybridized carbons (Fsp3) is 0.500. The lowest BCUT2D eigenvalue weighted by atomic mass is 10.5. The van der Waals surface area contributed by atoms with Gasteiger partial charge in [-0.15, -0.1) is 23.4 Å². The van der Waals surface area contributed by atoms with Crippen molar-refractivity contribution in [1.29, 1.82) is 0 Å². The van der Waals surface area contributed by atoms with Crippen molar-refractivity contribution < 1.29 is 8.42 Å². The van der Waals surface area contributed by atoms with Crippen LogP contribution < -0.4 is 0 Å². The highest BCUT2D eigenvalue weighted by Gasteiger charge is 2.17. The highest BCUT2D eigenvalue weighted by atomic mass is 35.5. The second-order valence-electron chi connectivity index (χ2n) is 3.51. The van der Waals surface area contributed by atoms with Gasteiger partial charge in [-0.25, -0.2) is 17.7 Å². The van der Waals surface area contributed by atoms with Gasteiger partial charge in [0.1, 0.15) is 4.90 Å². The number of sulfonamides is 1. The zero-order valence-corrected chi connectivity index (χ0v) is 12.1. The first-order valence-electron chi connectivity index (χ1n) is 5.06. The Kier molecular flexibility index (Phi) is 5.72. The Morgan fingerprint density at radius 3 is 2.59 bits per heavy atom. The first kappa shape index (κ1) is 14.8. The molecule has 0 fully saturated rings. The van der Waals surface area contributed by atoms with Gasteiger partial charge < -0.3 is 0 Å². The molecule has 0 radical (unpaired) electrons. The highest BCUT2D eigenvalue weighted by Crippen LogP contribution is 2.19. The third-order valence-corrected chi connectivity index (χ3v) is 5.11. The molecule has 0 N–H and O–H groups in total. The molecule has 0 aliphatic rings. The summed E-state index contributed by atoms with van der Waals surface area (Å²) in [5.41, 5.74) is 0. The van der Waals surface area contributed by atoms with Gasteiger partial charge in [-0.3, -0.25) is 0 Å². The quantitative estimate of drug-likeness (QED) is 0.458. The van der Waals surface area contributed by atoms with E-state index in [1.165, 1.54) is 24.6 Å². The van der Waals surface area contributed by atoms with Crippen LogP contribution in [-0.4, -0.2) is 43.4 Å². The van der Waals surface area contributed by atoms with E-state index in [0.29, 0.717) is 5.88 Å². The number of halogens is 1. The molecule has 96 valence electrons. The van der Waals surface area contributed by atoms with Crippen LogP contribution in [0.2, 0.25) is 0 Å². The summed E-state index contributed by atoms with van der Waals surface area (Å²) in [6.07, 6.45) is 2.30. The lowest BCUT2D eigenvalue weighted by Gasteiger charge is -2.10. The predicted molar refractivity (Wildman–Crippen MR) is 71.2 cm³/mol. The molecule has 1 aromatic rings. The molecule has 0 saturated heterocycles. The maximum absolute atomic E-state index is 11.8. The molecule has 17 heavy (non-hydrogen) atoms. The summed E-state index contributed by atoms with van der Waals surface area (Å²) in [6, 6.07) is 3.29. The number of rotatable bonds is 6. The molecular weight excluding hydrogens is 280 g/mol. The van der Waals surface area contributed by atoms with E-state index in [1.807, 2.05) is 0 Å². The number of nitrogens with zero attached hydrogens (tertiary/aromatic N) is 2. The average molecular weight is 295 g/mol. The van der Waals surface area contributed by atoms with Crippen molar-refractivity contribution in [3.05, 3.63) is 18.3 Å². The molecule has 0 aliphatic heterocycles. The van der Waals surface area contributed by atoms with Crippen LogP contribution in [0.15, 0.2) is 28.3 Å². The van der Waals surface area contributed by atoms with E-state index in [4.69, 9.17) is 11.6 Å². The zero-order chi connectivity index (χ0) is 12.9. The summed E-state index contributed by atoms with van der Waals surface area (Å²) in [5, 5.41) is 0.813. The van der Waals surface area contributed by atoms with Crippen LogP contribution in [0.3, 0.4) is 0 Å². The van der Waals surface area contributed by atoms with Crippen molar-refractivity contribution in [1.82, 2.24) is 9.29 Å². The molecule has 1 aromatic heterocycles. The molecule has 0 saturated carbocycles. The summed E-state index contributed by atoms with van der Waals surface area (Å²) in [6.45, 7) is 0. The van der Waals surface area contributed by atoms with Gasteiger partial charge in [0.2, 0.25) is 10.0 Å². The summed E-state index contributed by atoms with van der Waals surface area (Å²) in [7, 11) is -0.381.